The molecule has 2 rings (SSSR count). The summed E-state index contributed by atoms with van der Waals surface area (Å²) in [6, 6.07) is 2.08. The van der Waals surface area contributed by atoms with Crippen LogP contribution < -0.4 is 0 Å². The Balaban J connectivity index is 1.86. The molecule has 1 amide bonds. The van der Waals surface area contributed by atoms with Gasteiger partial charge in [0.25, 0.3) is 0 Å². The van der Waals surface area contributed by atoms with Crippen LogP contribution in [0.5, 0.6) is 0 Å². The second-order valence-corrected chi connectivity index (χ2v) is 6.23. The molecule has 4 nitrogen and oxygen atoms in total. The SMILES string of the molecule is CCCN(Cc1ccsc1)C(=O)CN1CCC(O)CC1. The van der Waals surface area contributed by atoms with E-state index in [1.165, 1.54) is 5.56 Å². The number of amides is 1. The summed E-state index contributed by atoms with van der Waals surface area (Å²) >= 11 is 1.67. The molecule has 20 heavy (non-hydrogen) atoms. The third-order valence-electron chi connectivity index (χ3n) is 3.72. The van der Waals surface area contributed by atoms with Crippen LogP contribution in [0.3, 0.4) is 0 Å². The summed E-state index contributed by atoms with van der Waals surface area (Å²) in [6.07, 6.45) is 2.37. The molecule has 1 aromatic rings. The predicted octanol–water partition coefficient (Wildman–Crippen LogP) is 1.94. The highest BCUT2D eigenvalue weighted by atomic mass is 32.1. The van der Waals surface area contributed by atoms with Gasteiger partial charge in [-0.1, -0.05) is 6.92 Å². The maximum absolute atomic E-state index is 12.4. The number of aliphatic hydroxyl groups is 1. The normalized spacial score (nSPS) is 17.3. The number of likely N-dealkylation sites (tertiary alicyclic amines) is 1. The van der Waals surface area contributed by atoms with Gasteiger partial charge in [-0.25, -0.2) is 0 Å². The molecule has 1 fully saturated rings. The Morgan fingerprint density at radius 2 is 2.25 bits per heavy atom. The van der Waals surface area contributed by atoms with Crippen molar-refractivity contribution < 1.29 is 9.90 Å². The number of hydrogen-bond donors (Lipinski definition) is 1. The van der Waals surface area contributed by atoms with Gasteiger partial charge in [0.2, 0.25) is 5.91 Å². The van der Waals surface area contributed by atoms with Crippen molar-refractivity contribution in [2.24, 2.45) is 0 Å². The molecule has 1 aromatic heterocycles. The van der Waals surface area contributed by atoms with Crippen LogP contribution in [0.2, 0.25) is 0 Å². The summed E-state index contributed by atoms with van der Waals surface area (Å²) in [4.78, 5) is 16.5. The van der Waals surface area contributed by atoms with Crippen molar-refractivity contribution in [2.75, 3.05) is 26.2 Å². The van der Waals surface area contributed by atoms with E-state index in [0.29, 0.717) is 13.1 Å². The zero-order valence-corrected chi connectivity index (χ0v) is 12.9. The first-order chi connectivity index (χ1) is 9.69. The largest absolute Gasteiger partial charge is 0.393 e. The highest BCUT2D eigenvalue weighted by Gasteiger charge is 2.21. The van der Waals surface area contributed by atoms with Crippen LogP contribution in [0.1, 0.15) is 31.7 Å². The Bertz CT molecular complexity index is 400. The molecular weight excluding hydrogens is 272 g/mol. The Labute approximate surface area is 125 Å². The van der Waals surface area contributed by atoms with Gasteiger partial charge in [0.05, 0.1) is 12.6 Å². The summed E-state index contributed by atoms with van der Waals surface area (Å²) in [7, 11) is 0. The molecule has 0 unspecified atom stereocenters. The van der Waals surface area contributed by atoms with Crippen LogP contribution in [-0.4, -0.2) is 53.1 Å². The lowest BCUT2D eigenvalue weighted by Crippen LogP contribution is -2.44. The Morgan fingerprint density at radius 1 is 1.50 bits per heavy atom. The molecule has 1 aliphatic rings. The number of thiophene rings is 1. The van der Waals surface area contributed by atoms with Gasteiger partial charge in [-0.3, -0.25) is 9.69 Å². The van der Waals surface area contributed by atoms with Crippen LogP contribution in [0, 0.1) is 0 Å². The fourth-order valence-electron chi connectivity index (χ4n) is 2.53. The van der Waals surface area contributed by atoms with Crippen molar-refractivity contribution in [3.05, 3.63) is 22.4 Å². The van der Waals surface area contributed by atoms with Crippen LogP contribution >= 0.6 is 11.3 Å². The molecule has 5 heteroatoms. The second-order valence-electron chi connectivity index (χ2n) is 5.45. The van der Waals surface area contributed by atoms with Crippen LogP contribution in [0.25, 0.3) is 0 Å². The first kappa shape index (κ1) is 15.5. The smallest absolute Gasteiger partial charge is 0.237 e. The average Bonchev–Trinajstić information content (AvgIpc) is 2.94. The van der Waals surface area contributed by atoms with E-state index in [9.17, 15) is 9.90 Å². The van der Waals surface area contributed by atoms with Gasteiger partial charge in [-0.2, -0.15) is 11.3 Å². The molecule has 0 aromatic carbocycles. The Hall–Kier alpha value is -0.910. The van der Waals surface area contributed by atoms with Gasteiger partial charge in [-0.15, -0.1) is 0 Å². The van der Waals surface area contributed by atoms with Crippen molar-refractivity contribution in [1.29, 1.82) is 0 Å². The molecular formula is C15H24N2O2S. The standard InChI is InChI=1S/C15H24N2O2S/c1-2-6-17(10-13-5-9-20-12-13)15(19)11-16-7-3-14(18)4-8-16/h5,9,12,14,18H,2-4,6-8,10-11H2,1H3. The first-order valence-corrected chi connectivity index (χ1v) is 8.32. The topological polar surface area (TPSA) is 43.8 Å². The Kier molecular flexibility index (Phi) is 6.01. The molecule has 0 bridgehead atoms. The number of aliphatic hydroxyl groups excluding tert-OH is 1. The number of rotatable bonds is 6. The highest BCUT2D eigenvalue weighted by Crippen LogP contribution is 2.13. The lowest BCUT2D eigenvalue weighted by atomic mass is 10.1. The van der Waals surface area contributed by atoms with Crippen LogP contribution in [0.4, 0.5) is 0 Å². The quantitative estimate of drug-likeness (QED) is 0.872. The van der Waals surface area contributed by atoms with E-state index in [1.54, 1.807) is 11.3 Å². The minimum atomic E-state index is -0.182. The van der Waals surface area contributed by atoms with E-state index in [1.807, 2.05) is 4.90 Å². The summed E-state index contributed by atoms with van der Waals surface area (Å²) in [6.45, 7) is 5.76. The molecule has 1 aliphatic heterocycles. The molecule has 0 radical (unpaired) electrons. The fourth-order valence-corrected chi connectivity index (χ4v) is 3.19. The lowest BCUT2D eigenvalue weighted by Gasteiger charge is -2.31. The van der Waals surface area contributed by atoms with Crippen molar-refractivity contribution in [3.63, 3.8) is 0 Å². The molecule has 0 saturated carbocycles. The minimum absolute atomic E-state index is 0.182. The predicted molar refractivity (Wildman–Crippen MR) is 81.7 cm³/mol. The third-order valence-corrected chi connectivity index (χ3v) is 4.45. The molecule has 0 atom stereocenters. The number of piperidine rings is 1. The van der Waals surface area contributed by atoms with E-state index in [0.717, 1.165) is 38.9 Å². The van der Waals surface area contributed by atoms with Gasteiger partial charge in [0.15, 0.2) is 0 Å². The summed E-state index contributed by atoms with van der Waals surface area (Å²) < 4.78 is 0. The van der Waals surface area contributed by atoms with Crippen molar-refractivity contribution in [1.82, 2.24) is 9.80 Å². The molecule has 0 spiro atoms. The monoisotopic (exact) mass is 296 g/mol. The van der Waals surface area contributed by atoms with E-state index < -0.39 is 0 Å². The number of nitrogens with zero attached hydrogens (tertiary/aromatic N) is 2. The van der Waals surface area contributed by atoms with Crippen molar-refractivity contribution in [2.45, 2.75) is 38.8 Å². The third kappa shape index (κ3) is 4.58. The van der Waals surface area contributed by atoms with Gasteiger partial charge in [-0.05, 0) is 41.7 Å². The van der Waals surface area contributed by atoms with Gasteiger partial charge < -0.3 is 10.0 Å². The van der Waals surface area contributed by atoms with Crippen molar-refractivity contribution >= 4 is 17.2 Å². The first-order valence-electron chi connectivity index (χ1n) is 7.38. The molecule has 0 aliphatic carbocycles. The maximum Gasteiger partial charge on any atom is 0.237 e. The van der Waals surface area contributed by atoms with E-state index in [4.69, 9.17) is 0 Å². The zero-order chi connectivity index (χ0) is 14.4. The molecule has 2 heterocycles. The Morgan fingerprint density at radius 3 is 2.85 bits per heavy atom. The van der Waals surface area contributed by atoms with Gasteiger partial charge >= 0.3 is 0 Å². The fraction of sp³-hybridized carbons (Fsp3) is 0.667. The summed E-state index contributed by atoms with van der Waals surface area (Å²) in [5.41, 5.74) is 1.21. The molecule has 1 N–H and O–H groups in total. The zero-order valence-electron chi connectivity index (χ0n) is 12.1. The van der Waals surface area contributed by atoms with Gasteiger partial charge in [0.1, 0.15) is 0 Å². The van der Waals surface area contributed by atoms with Crippen molar-refractivity contribution in [3.8, 4) is 0 Å². The maximum atomic E-state index is 12.4. The van der Waals surface area contributed by atoms with Crippen LogP contribution in [-0.2, 0) is 11.3 Å². The van der Waals surface area contributed by atoms with Crippen LogP contribution in [0.15, 0.2) is 16.8 Å². The second kappa shape index (κ2) is 7.76. The van der Waals surface area contributed by atoms with Gasteiger partial charge in [0, 0.05) is 26.2 Å². The van der Waals surface area contributed by atoms with E-state index >= 15 is 0 Å². The molecule has 112 valence electrons. The summed E-state index contributed by atoms with van der Waals surface area (Å²) in [5, 5.41) is 13.7. The van der Waals surface area contributed by atoms with E-state index in [2.05, 4.69) is 28.7 Å². The molecule has 1 saturated heterocycles. The highest BCUT2D eigenvalue weighted by molar-refractivity contribution is 7.07. The van der Waals surface area contributed by atoms with E-state index in [-0.39, 0.29) is 12.0 Å². The number of carbonyl (C=O) groups is 1. The summed E-state index contributed by atoms with van der Waals surface area (Å²) in [5.74, 6) is 0.203. The number of carbonyl (C=O) groups excluding carboxylic acids is 1. The lowest BCUT2D eigenvalue weighted by molar-refractivity contribution is -0.133. The number of hydrogen-bond acceptors (Lipinski definition) is 4. The average molecular weight is 296 g/mol. The minimum Gasteiger partial charge on any atom is -0.393 e.